The summed E-state index contributed by atoms with van der Waals surface area (Å²) >= 11 is 0. The first-order valence-electron chi connectivity index (χ1n) is 12.5. The third-order valence-corrected chi connectivity index (χ3v) is 5.95. The van der Waals surface area contributed by atoms with E-state index in [0.29, 0.717) is 0 Å². The summed E-state index contributed by atoms with van der Waals surface area (Å²) in [6, 6.07) is 7.92. The molecule has 2 aromatic rings. The van der Waals surface area contributed by atoms with Crippen LogP contribution in [0.25, 0.3) is 0 Å². The number of rotatable bonds is 13. The standard InChI is InChI=1S/C25H36N6O5/c1-4-9-18(3)36-25-27-23(26)22(31(33)34)24(28-25)30(17-21(32)35-5-2)16-20-11-8-10-19(14-20)15-29-12-6-7-13-29/h8,10-11,14,18H,4-7,9,12-13,15-17H2,1-3H3,(H2,26,27,28)/t18-/m1/s1. The Kier molecular flexibility index (Phi) is 9.80. The third-order valence-electron chi connectivity index (χ3n) is 5.95. The highest BCUT2D eigenvalue weighted by atomic mass is 16.6. The molecule has 1 aromatic carbocycles. The second-order valence-corrected chi connectivity index (χ2v) is 9.00. The van der Waals surface area contributed by atoms with Gasteiger partial charge in [0, 0.05) is 13.1 Å². The lowest BCUT2D eigenvalue weighted by atomic mass is 10.1. The molecule has 196 valence electrons. The number of nitro groups is 1. The number of hydrogen-bond donors (Lipinski definition) is 1. The summed E-state index contributed by atoms with van der Waals surface area (Å²) in [5.41, 5.74) is 7.54. The van der Waals surface area contributed by atoms with E-state index >= 15 is 0 Å². The molecule has 0 bridgehead atoms. The predicted octanol–water partition coefficient (Wildman–Crippen LogP) is 3.70. The molecule has 1 aliphatic heterocycles. The van der Waals surface area contributed by atoms with Gasteiger partial charge in [-0.3, -0.25) is 19.8 Å². The van der Waals surface area contributed by atoms with Crippen molar-refractivity contribution >= 4 is 23.3 Å². The van der Waals surface area contributed by atoms with Crippen molar-refractivity contribution < 1.29 is 19.2 Å². The summed E-state index contributed by atoms with van der Waals surface area (Å²) in [7, 11) is 0. The van der Waals surface area contributed by atoms with Crippen LogP contribution in [0.2, 0.25) is 0 Å². The lowest BCUT2D eigenvalue weighted by Gasteiger charge is -2.24. The van der Waals surface area contributed by atoms with Gasteiger partial charge in [0.15, 0.2) is 0 Å². The fourth-order valence-electron chi connectivity index (χ4n) is 4.35. The smallest absolute Gasteiger partial charge is 0.353 e. The quantitative estimate of drug-likeness (QED) is 0.246. The van der Waals surface area contributed by atoms with Crippen LogP contribution in [0.1, 0.15) is 57.6 Å². The maximum absolute atomic E-state index is 12.5. The van der Waals surface area contributed by atoms with Gasteiger partial charge in [-0.1, -0.05) is 37.6 Å². The Balaban J connectivity index is 1.96. The van der Waals surface area contributed by atoms with Crippen LogP contribution in [0.15, 0.2) is 24.3 Å². The zero-order chi connectivity index (χ0) is 26.1. The largest absolute Gasteiger partial charge is 0.465 e. The Hall–Kier alpha value is -3.47. The molecule has 36 heavy (non-hydrogen) atoms. The summed E-state index contributed by atoms with van der Waals surface area (Å²) < 4.78 is 10.9. The molecule has 1 aliphatic rings. The molecule has 2 heterocycles. The molecular weight excluding hydrogens is 464 g/mol. The molecular formula is C25H36N6O5. The molecule has 11 heteroatoms. The number of carbonyl (C=O) groups is 1. The van der Waals surface area contributed by atoms with E-state index in [1.165, 1.54) is 17.7 Å². The molecule has 0 unspecified atom stereocenters. The summed E-state index contributed by atoms with van der Waals surface area (Å²) in [5, 5.41) is 12.0. The van der Waals surface area contributed by atoms with Gasteiger partial charge in [0.2, 0.25) is 11.6 Å². The van der Waals surface area contributed by atoms with Gasteiger partial charge in [0.05, 0.1) is 17.6 Å². The fourth-order valence-corrected chi connectivity index (χ4v) is 4.35. The van der Waals surface area contributed by atoms with E-state index in [-0.39, 0.29) is 43.4 Å². The van der Waals surface area contributed by atoms with Gasteiger partial charge < -0.3 is 20.1 Å². The number of aromatic nitrogens is 2. The summed E-state index contributed by atoms with van der Waals surface area (Å²) in [6.45, 7) is 8.71. The van der Waals surface area contributed by atoms with Crippen LogP contribution < -0.4 is 15.4 Å². The first-order chi connectivity index (χ1) is 17.3. The highest BCUT2D eigenvalue weighted by Gasteiger charge is 2.30. The molecule has 1 atom stereocenters. The van der Waals surface area contributed by atoms with E-state index < -0.39 is 16.6 Å². The lowest BCUT2D eigenvalue weighted by molar-refractivity contribution is -0.383. The van der Waals surface area contributed by atoms with Gasteiger partial charge in [0.25, 0.3) is 0 Å². The van der Waals surface area contributed by atoms with E-state index in [2.05, 4.69) is 20.9 Å². The minimum Gasteiger partial charge on any atom is -0.465 e. The van der Waals surface area contributed by atoms with Gasteiger partial charge in [0.1, 0.15) is 6.54 Å². The Bertz CT molecular complexity index is 1040. The second kappa shape index (κ2) is 13.0. The summed E-state index contributed by atoms with van der Waals surface area (Å²) in [5.74, 6) is -0.927. The number of likely N-dealkylation sites (tertiary alicyclic amines) is 1. The van der Waals surface area contributed by atoms with Crippen LogP contribution in [-0.2, 0) is 22.6 Å². The van der Waals surface area contributed by atoms with Crippen molar-refractivity contribution in [1.82, 2.24) is 14.9 Å². The van der Waals surface area contributed by atoms with E-state index in [1.54, 1.807) is 6.92 Å². The van der Waals surface area contributed by atoms with Gasteiger partial charge in [-0.2, -0.15) is 9.97 Å². The molecule has 0 spiro atoms. The molecule has 0 amide bonds. The highest BCUT2D eigenvalue weighted by Crippen LogP contribution is 2.34. The predicted molar refractivity (Wildman–Crippen MR) is 137 cm³/mol. The zero-order valence-electron chi connectivity index (χ0n) is 21.3. The number of hydrogen-bond acceptors (Lipinski definition) is 10. The molecule has 1 saturated heterocycles. The Labute approximate surface area is 211 Å². The summed E-state index contributed by atoms with van der Waals surface area (Å²) in [4.78, 5) is 36.1. The Morgan fingerprint density at radius 3 is 2.64 bits per heavy atom. The Morgan fingerprint density at radius 2 is 1.97 bits per heavy atom. The zero-order valence-corrected chi connectivity index (χ0v) is 21.3. The molecule has 1 fully saturated rings. The molecule has 1 aromatic heterocycles. The molecule has 3 rings (SSSR count). The average molecular weight is 501 g/mol. The first kappa shape index (κ1) is 27.1. The van der Waals surface area contributed by atoms with Crippen molar-refractivity contribution in [3.63, 3.8) is 0 Å². The van der Waals surface area contributed by atoms with Crippen LogP contribution in [-0.4, -0.2) is 58.1 Å². The topological polar surface area (TPSA) is 137 Å². The molecule has 0 radical (unpaired) electrons. The van der Waals surface area contributed by atoms with Gasteiger partial charge in [-0.05, 0) is 57.3 Å². The number of carbonyl (C=O) groups excluding carboxylic acids is 1. The number of nitrogens with two attached hydrogens (primary N) is 1. The SMILES string of the molecule is CCC[C@@H](C)Oc1nc(N)c([N+](=O)[O-])c(N(CC(=O)OCC)Cc2cccc(CN3CCCC3)c2)n1. The van der Waals surface area contributed by atoms with Crippen molar-refractivity contribution in [1.29, 1.82) is 0 Å². The lowest BCUT2D eigenvalue weighted by Crippen LogP contribution is -2.32. The highest BCUT2D eigenvalue weighted by molar-refractivity contribution is 5.78. The van der Waals surface area contributed by atoms with E-state index in [1.807, 2.05) is 32.0 Å². The van der Waals surface area contributed by atoms with Crippen LogP contribution in [0, 0.1) is 10.1 Å². The van der Waals surface area contributed by atoms with Crippen molar-refractivity contribution in [3.8, 4) is 6.01 Å². The van der Waals surface area contributed by atoms with Crippen molar-refractivity contribution in [3.05, 3.63) is 45.5 Å². The summed E-state index contributed by atoms with van der Waals surface area (Å²) in [6.07, 6.45) is 3.84. The van der Waals surface area contributed by atoms with Crippen LogP contribution >= 0.6 is 0 Å². The monoisotopic (exact) mass is 500 g/mol. The van der Waals surface area contributed by atoms with E-state index in [9.17, 15) is 14.9 Å². The molecule has 0 saturated carbocycles. The van der Waals surface area contributed by atoms with Crippen LogP contribution in [0.3, 0.4) is 0 Å². The van der Waals surface area contributed by atoms with Crippen LogP contribution in [0.4, 0.5) is 17.3 Å². The minimum atomic E-state index is -0.633. The minimum absolute atomic E-state index is 0.0642. The van der Waals surface area contributed by atoms with Crippen LogP contribution in [0.5, 0.6) is 6.01 Å². The van der Waals surface area contributed by atoms with E-state index in [4.69, 9.17) is 15.2 Å². The maximum atomic E-state index is 12.5. The Morgan fingerprint density at radius 1 is 1.25 bits per heavy atom. The average Bonchev–Trinajstić information content (AvgIpc) is 3.31. The van der Waals surface area contributed by atoms with Crippen molar-refractivity contribution in [2.75, 3.05) is 36.9 Å². The normalized spacial score (nSPS) is 14.4. The van der Waals surface area contributed by atoms with Crippen molar-refractivity contribution in [2.24, 2.45) is 0 Å². The first-order valence-corrected chi connectivity index (χ1v) is 12.5. The number of esters is 1. The number of ether oxygens (including phenoxy) is 2. The van der Waals surface area contributed by atoms with Gasteiger partial charge in [-0.25, -0.2) is 0 Å². The third kappa shape index (κ3) is 7.51. The van der Waals surface area contributed by atoms with Crippen molar-refractivity contribution in [2.45, 2.75) is 65.6 Å². The van der Waals surface area contributed by atoms with E-state index in [0.717, 1.165) is 43.6 Å². The van der Waals surface area contributed by atoms with Gasteiger partial charge >= 0.3 is 17.7 Å². The molecule has 2 N–H and O–H groups in total. The number of nitrogens with zero attached hydrogens (tertiary/aromatic N) is 5. The second-order valence-electron chi connectivity index (χ2n) is 9.00. The fraction of sp³-hybridized carbons (Fsp3) is 0.560. The molecule has 11 nitrogen and oxygen atoms in total. The maximum Gasteiger partial charge on any atom is 0.353 e. The number of nitrogen functional groups attached to an aromatic ring is 1. The molecule has 0 aliphatic carbocycles. The number of anilines is 2. The number of benzene rings is 1. The van der Waals surface area contributed by atoms with Gasteiger partial charge in [-0.15, -0.1) is 0 Å².